The Morgan fingerprint density at radius 3 is 2.63 bits per heavy atom. The quantitative estimate of drug-likeness (QED) is 0.844. The van der Waals surface area contributed by atoms with Crippen LogP contribution in [0.25, 0.3) is 0 Å². The van der Waals surface area contributed by atoms with Crippen LogP contribution in [-0.2, 0) is 0 Å². The van der Waals surface area contributed by atoms with Crippen molar-refractivity contribution in [2.45, 2.75) is 0 Å². The van der Waals surface area contributed by atoms with Gasteiger partial charge in [-0.05, 0) is 36.4 Å². The molecule has 98 valence electrons. The van der Waals surface area contributed by atoms with Crippen LogP contribution in [0.4, 0.5) is 10.1 Å². The van der Waals surface area contributed by atoms with Crippen LogP contribution in [0.3, 0.4) is 0 Å². The van der Waals surface area contributed by atoms with Crippen molar-refractivity contribution in [2.75, 3.05) is 5.73 Å². The van der Waals surface area contributed by atoms with E-state index in [1.807, 2.05) is 0 Å². The van der Waals surface area contributed by atoms with E-state index in [4.69, 9.17) is 27.2 Å². The minimum Gasteiger partial charge on any atom is -0.478 e. The van der Waals surface area contributed by atoms with Gasteiger partial charge in [0.2, 0.25) is 0 Å². The molecule has 0 aromatic heterocycles. The number of rotatable bonds is 3. The second-order valence-electron chi connectivity index (χ2n) is 3.73. The summed E-state index contributed by atoms with van der Waals surface area (Å²) in [5.41, 5.74) is 5.58. The zero-order chi connectivity index (χ0) is 14.0. The summed E-state index contributed by atoms with van der Waals surface area (Å²) in [6.45, 7) is 0. The fourth-order valence-electron chi connectivity index (χ4n) is 1.47. The van der Waals surface area contributed by atoms with Crippen LogP contribution in [0, 0.1) is 5.82 Å². The molecule has 0 radical (unpaired) electrons. The van der Waals surface area contributed by atoms with Crippen molar-refractivity contribution in [3.63, 3.8) is 0 Å². The maximum Gasteiger partial charge on any atom is 0.337 e. The van der Waals surface area contributed by atoms with Crippen LogP contribution in [0.5, 0.6) is 11.5 Å². The van der Waals surface area contributed by atoms with Gasteiger partial charge in [0, 0.05) is 5.69 Å². The molecule has 0 saturated carbocycles. The molecule has 2 aromatic rings. The third-order valence-corrected chi connectivity index (χ3v) is 2.67. The molecule has 0 spiro atoms. The number of aromatic carboxylic acids is 1. The van der Waals surface area contributed by atoms with Crippen molar-refractivity contribution >= 4 is 23.3 Å². The van der Waals surface area contributed by atoms with E-state index in [0.29, 0.717) is 0 Å². The Labute approximate surface area is 113 Å². The van der Waals surface area contributed by atoms with Crippen molar-refractivity contribution in [1.82, 2.24) is 0 Å². The number of hydrogen-bond donors (Lipinski definition) is 2. The number of nitrogen functional groups attached to an aromatic ring is 1. The molecule has 0 aliphatic carbocycles. The number of anilines is 1. The van der Waals surface area contributed by atoms with Gasteiger partial charge in [-0.1, -0.05) is 11.6 Å². The Morgan fingerprint density at radius 2 is 2.00 bits per heavy atom. The van der Waals surface area contributed by atoms with E-state index >= 15 is 0 Å². The number of carboxylic acid groups (broad SMARTS) is 1. The highest BCUT2D eigenvalue weighted by Gasteiger charge is 2.11. The predicted octanol–water partition coefficient (Wildman–Crippen LogP) is 3.55. The lowest BCUT2D eigenvalue weighted by molar-refractivity contribution is 0.0697. The molecule has 0 atom stereocenters. The topological polar surface area (TPSA) is 72.5 Å². The molecule has 0 aliphatic rings. The Hall–Kier alpha value is -2.27. The normalized spacial score (nSPS) is 10.2. The summed E-state index contributed by atoms with van der Waals surface area (Å²) >= 11 is 5.81. The van der Waals surface area contributed by atoms with E-state index in [2.05, 4.69) is 0 Å². The van der Waals surface area contributed by atoms with Gasteiger partial charge >= 0.3 is 5.97 Å². The Morgan fingerprint density at radius 1 is 1.26 bits per heavy atom. The Balaban J connectivity index is 2.33. The van der Waals surface area contributed by atoms with Gasteiger partial charge < -0.3 is 15.6 Å². The SMILES string of the molecule is Nc1ccc(Oc2ccc(F)cc2Cl)cc1C(=O)O. The lowest BCUT2D eigenvalue weighted by Crippen LogP contribution is -2.02. The zero-order valence-electron chi connectivity index (χ0n) is 9.56. The van der Waals surface area contributed by atoms with Gasteiger partial charge in [-0.3, -0.25) is 0 Å². The average molecular weight is 282 g/mol. The highest BCUT2D eigenvalue weighted by molar-refractivity contribution is 6.32. The van der Waals surface area contributed by atoms with Gasteiger partial charge in [-0.2, -0.15) is 0 Å². The molecule has 19 heavy (non-hydrogen) atoms. The van der Waals surface area contributed by atoms with E-state index in [9.17, 15) is 9.18 Å². The van der Waals surface area contributed by atoms with Crippen LogP contribution in [0.2, 0.25) is 5.02 Å². The molecule has 2 rings (SSSR count). The summed E-state index contributed by atoms with van der Waals surface area (Å²) in [7, 11) is 0. The molecule has 0 heterocycles. The van der Waals surface area contributed by atoms with E-state index < -0.39 is 11.8 Å². The fourth-order valence-corrected chi connectivity index (χ4v) is 1.67. The van der Waals surface area contributed by atoms with Crippen LogP contribution >= 0.6 is 11.6 Å². The average Bonchev–Trinajstić information content (AvgIpc) is 2.34. The molecule has 6 heteroatoms. The number of ether oxygens (including phenoxy) is 1. The Kier molecular flexibility index (Phi) is 3.57. The molecule has 0 fully saturated rings. The summed E-state index contributed by atoms with van der Waals surface area (Å²) in [4.78, 5) is 10.9. The van der Waals surface area contributed by atoms with Gasteiger partial charge in [0.25, 0.3) is 0 Å². The maximum atomic E-state index is 12.9. The molecule has 0 saturated heterocycles. The van der Waals surface area contributed by atoms with Gasteiger partial charge in [-0.15, -0.1) is 0 Å². The number of halogens is 2. The molecule has 0 bridgehead atoms. The van der Waals surface area contributed by atoms with Crippen molar-refractivity contribution in [2.24, 2.45) is 0 Å². The van der Waals surface area contributed by atoms with Crippen LogP contribution in [0.15, 0.2) is 36.4 Å². The monoisotopic (exact) mass is 281 g/mol. The molecule has 0 aliphatic heterocycles. The van der Waals surface area contributed by atoms with Gasteiger partial charge in [0.05, 0.1) is 10.6 Å². The largest absolute Gasteiger partial charge is 0.478 e. The first-order chi connectivity index (χ1) is 8.97. The van der Waals surface area contributed by atoms with Gasteiger partial charge in [0.15, 0.2) is 0 Å². The fraction of sp³-hybridized carbons (Fsp3) is 0. The highest BCUT2D eigenvalue weighted by Crippen LogP contribution is 2.31. The molecule has 3 N–H and O–H groups in total. The summed E-state index contributed by atoms with van der Waals surface area (Å²) in [6.07, 6.45) is 0. The second-order valence-corrected chi connectivity index (χ2v) is 4.14. The number of nitrogens with two attached hydrogens (primary N) is 1. The lowest BCUT2D eigenvalue weighted by atomic mass is 10.2. The predicted molar refractivity (Wildman–Crippen MR) is 69.3 cm³/mol. The number of carboxylic acids is 1. The van der Waals surface area contributed by atoms with Crippen molar-refractivity contribution in [3.8, 4) is 11.5 Å². The minimum atomic E-state index is -1.16. The minimum absolute atomic E-state index is 0.0734. The van der Waals surface area contributed by atoms with Crippen LogP contribution in [0.1, 0.15) is 10.4 Å². The molecular formula is C13H9ClFNO3. The first-order valence-corrected chi connectivity index (χ1v) is 5.61. The summed E-state index contributed by atoms with van der Waals surface area (Å²) in [6, 6.07) is 7.84. The third kappa shape index (κ3) is 2.95. The molecule has 2 aromatic carbocycles. The van der Waals surface area contributed by atoms with Crippen LogP contribution in [-0.4, -0.2) is 11.1 Å². The van der Waals surface area contributed by atoms with Crippen molar-refractivity contribution in [1.29, 1.82) is 0 Å². The Bertz CT molecular complexity index is 646. The first kappa shape index (κ1) is 13.2. The van der Waals surface area contributed by atoms with E-state index in [1.54, 1.807) is 0 Å². The second kappa shape index (κ2) is 5.16. The summed E-state index contributed by atoms with van der Waals surface area (Å²) in [5, 5.41) is 9.03. The standard InChI is InChI=1S/C13H9ClFNO3/c14-10-5-7(15)1-4-12(10)19-8-2-3-11(16)9(6-8)13(17)18/h1-6H,16H2,(H,17,18). The van der Waals surface area contributed by atoms with Crippen LogP contribution < -0.4 is 10.5 Å². The molecule has 0 unspecified atom stereocenters. The van der Waals surface area contributed by atoms with Gasteiger partial charge in [0.1, 0.15) is 17.3 Å². The highest BCUT2D eigenvalue weighted by atomic mass is 35.5. The van der Waals surface area contributed by atoms with E-state index in [1.165, 1.54) is 30.3 Å². The van der Waals surface area contributed by atoms with Gasteiger partial charge in [-0.25, -0.2) is 9.18 Å². The third-order valence-electron chi connectivity index (χ3n) is 2.38. The number of benzene rings is 2. The smallest absolute Gasteiger partial charge is 0.337 e. The lowest BCUT2D eigenvalue weighted by Gasteiger charge is -2.09. The molecular weight excluding hydrogens is 273 g/mol. The zero-order valence-corrected chi connectivity index (χ0v) is 10.3. The summed E-state index contributed by atoms with van der Waals surface area (Å²) in [5.74, 6) is -1.17. The van der Waals surface area contributed by atoms with E-state index in [-0.39, 0.29) is 27.8 Å². The van der Waals surface area contributed by atoms with E-state index in [0.717, 1.165) is 6.07 Å². The maximum absolute atomic E-state index is 12.9. The summed E-state index contributed by atoms with van der Waals surface area (Å²) < 4.78 is 18.3. The molecule has 4 nitrogen and oxygen atoms in total. The first-order valence-electron chi connectivity index (χ1n) is 5.23. The van der Waals surface area contributed by atoms with Crippen molar-refractivity contribution in [3.05, 3.63) is 52.8 Å². The number of carbonyl (C=O) groups is 1. The van der Waals surface area contributed by atoms with Crippen molar-refractivity contribution < 1.29 is 19.0 Å². The number of hydrogen-bond acceptors (Lipinski definition) is 3. The molecule has 0 amide bonds.